The first-order valence-electron chi connectivity index (χ1n) is 7.43. The summed E-state index contributed by atoms with van der Waals surface area (Å²) in [4.78, 5) is 14.0. The molecule has 1 aliphatic heterocycles. The summed E-state index contributed by atoms with van der Waals surface area (Å²) in [5, 5.41) is 8.72. The Bertz CT molecular complexity index is 441. The summed E-state index contributed by atoms with van der Waals surface area (Å²) in [5.74, 6) is -0.116. The first kappa shape index (κ1) is 15.9. The van der Waals surface area contributed by atoms with E-state index >= 15 is 0 Å². The number of ether oxygens (including phenoxy) is 1. The fourth-order valence-corrected chi connectivity index (χ4v) is 2.55. The van der Waals surface area contributed by atoms with Gasteiger partial charge in [-0.25, -0.2) is 4.39 Å². The van der Waals surface area contributed by atoms with Crippen LogP contribution in [0, 0.1) is 5.82 Å². The molecule has 0 spiro atoms. The number of hydrogen-bond acceptors (Lipinski definition) is 3. The highest BCUT2D eigenvalue weighted by Gasteiger charge is 2.22. The molecule has 1 heterocycles. The Morgan fingerprint density at radius 1 is 1.29 bits per heavy atom. The summed E-state index contributed by atoms with van der Waals surface area (Å²) in [6.07, 6.45) is 2.89. The largest absolute Gasteiger partial charge is 0.394 e. The van der Waals surface area contributed by atoms with Gasteiger partial charge in [0.2, 0.25) is 5.91 Å². The van der Waals surface area contributed by atoms with Crippen LogP contribution in [0.3, 0.4) is 0 Å². The van der Waals surface area contributed by atoms with E-state index in [0.29, 0.717) is 32.5 Å². The zero-order valence-corrected chi connectivity index (χ0v) is 12.1. The number of carbonyl (C=O) groups excluding carboxylic acids is 1. The smallest absolute Gasteiger partial charge is 0.222 e. The maximum absolute atomic E-state index is 12.8. The first-order valence-corrected chi connectivity index (χ1v) is 7.43. The van der Waals surface area contributed by atoms with Gasteiger partial charge in [-0.2, -0.15) is 0 Å². The number of aliphatic hydroxyl groups is 1. The van der Waals surface area contributed by atoms with Gasteiger partial charge in [-0.1, -0.05) is 12.1 Å². The predicted molar refractivity (Wildman–Crippen MR) is 77.4 cm³/mol. The maximum atomic E-state index is 12.8. The molecule has 1 N–H and O–H groups in total. The molecular weight excluding hydrogens is 273 g/mol. The van der Waals surface area contributed by atoms with Gasteiger partial charge in [-0.3, -0.25) is 4.79 Å². The van der Waals surface area contributed by atoms with Crippen LogP contribution >= 0.6 is 0 Å². The molecule has 1 amide bonds. The van der Waals surface area contributed by atoms with Crippen LogP contribution in [0.25, 0.3) is 0 Å². The molecule has 116 valence electrons. The molecule has 21 heavy (non-hydrogen) atoms. The number of benzene rings is 1. The number of carbonyl (C=O) groups is 1. The summed E-state index contributed by atoms with van der Waals surface area (Å²) in [5.41, 5.74) is 0.978. The van der Waals surface area contributed by atoms with Crippen molar-refractivity contribution >= 4 is 5.91 Å². The Labute approximate surface area is 124 Å². The number of hydrogen-bond donors (Lipinski definition) is 1. The maximum Gasteiger partial charge on any atom is 0.222 e. The van der Waals surface area contributed by atoms with Crippen molar-refractivity contribution in [3.8, 4) is 0 Å². The Morgan fingerprint density at radius 3 is 2.57 bits per heavy atom. The number of aryl methyl sites for hydroxylation is 1. The summed E-state index contributed by atoms with van der Waals surface area (Å²) in [7, 11) is 0. The molecule has 1 aromatic carbocycles. The van der Waals surface area contributed by atoms with Crippen molar-refractivity contribution in [2.45, 2.75) is 31.8 Å². The van der Waals surface area contributed by atoms with Crippen LogP contribution in [0.2, 0.25) is 0 Å². The SMILES string of the molecule is O=C(CCc1ccc(F)cc1)N1CCC(OCCO)CC1. The lowest BCUT2D eigenvalue weighted by molar-refractivity contribution is -0.133. The summed E-state index contributed by atoms with van der Waals surface area (Å²) >= 11 is 0. The topological polar surface area (TPSA) is 49.8 Å². The second-order valence-electron chi connectivity index (χ2n) is 5.30. The predicted octanol–water partition coefficient (Wildman–Crippen LogP) is 1.76. The van der Waals surface area contributed by atoms with E-state index in [-0.39, 0.29) is 24.4 Å². The molecule has 1 aliphatic rings. The third-order valence-electron chi connectivity index (χ3n) is 3.78. The Kier molecular flexibility index (Phi) is 6.14. The fraction of sp³-hybridized carbons (Fsp3) is 0.562. The minimum Gasteiger partial charge on any atom is -0.394 e. The molecule has 0 aliphatic carbocycles. The van der Waals surface area contributed by atoms with Gasteiger partial charge in [0.15, 0.2) is 0 Å². The minimum absolute atomic E-state index is 0.0385. The molecule has 1 aromatic rings. The van der Waals surface area contributed by atoms with Crippen molar-refractivity contribution in [1.82, 2.24) is 4.90 Å². The van der Waals surface area contributed by atoms with Crippen LogP contribution in [0.15, 0.2) is 24.3 Å². The van der Waals surface area contributed by atoms with Gasteiger partial charge in [-0.05, 0) is 37.0 Å². The number of amides is 1. The van der Waals surface area contributed by atoms with E-state index in [1.54, 1.807) is 12.1 Å². The van der Waals surface area contributed by atoms with Crippen molar-refractivity contribution in [2.75, 3.05) is 26.3 Å². The van der Waals surface area contributed by atoms with Crippen LogP contribution in [0.5, 0.6) is 0 Å². The van der Waals surface area contributed by atoms with Gasteiger partial charge in [0, 0.05) is 19.5 Å². The molecular formula is C16H22FNO3. The fourth-order valence-electron chi connectivity index (χ4n) is 2.55. The zero-order valence-electron chi connectivity index (χ0n) is 12.1. The second kappa shape index (κ2) is 8.10. The van der Waals surface area contributed by atoms with E-state index < -0.39 is 0 Å². The molecule has 0 unspecified atom stereocenters. The molecule has 0 bridgehead atoms. The lowest BCUT2D eigenvalue weighted by Crippen LogP contribution is -2.41. The minimum atomic E-state index is -0.255. The first-order chi connectivity index (χ1) is 10.2. The van der Waals surface area contributed by atoms with Crippen molar-refractivity contribution in [3.05, 3.63) is 35.6 Å². The normalized spacial score (nSPS) is 16.2. The van der Waals surface area contributed by atoms with E-state index in [2.05, 4.69) is 0 Å². The van der Waals surface area contributed by atoms with Gasteiger partial charge in [-0.15, -0.1) is 0 Å². The van der Waals surface area contributed by atoms with E-state index in [1.807, 2.05) is 4.90 Å². The van der Waals surface area contributed by atoms with E-state index in [1.165, 1.54) is 12.1 Å². The van der Waals surface area contributed by atoms with E-state index in [0.717, 1.165) is 18.4 Å². The van der Waals surface area contributed by atoms with Gasteiger partial charge in [0.1, 0.15) is 5.82 Å². The monoisotopic (exact) mass is 295 g/mol. The van der Waals surface area contributed by atoms with Crippen LogP contribution in [-0.2, 0) is 16.0 Å². The van der Waals surface area contributed by atoms with Crippen LogP contribution in [-0.4, -0.2) is 48.3 Å². The summed E-state index contributed by atoms with van der Waals surface area (Å²) in [6, 6.07) is 6.28. The average Bonchev–Trinajstić information content (AvgIpc) is 2.52. The number of nitrogens with zero attached hydrogens (tertiary/aromatic N) is 1. The van der Waals surface area contributed by atoms with Crippen LogP contribution in [0.4, 0.5) is 4.39 Å². The lowest BCUT2D eigenvalue weighted by Gasteiger charge is -2.32. The van der Waals surface area contributed by atoms with Gasteiger partial charge < -0.3 is 14.7 Å². The third-order valence-corrected chi connectivity index (χ3v) is 3.78. The highest BCUT2D eigenvalue weighted by molar-refractivity contribution is 5.76. The molecule has 1 saturated heterocycles. The number of likely N-dealkylation sites (tertiary alicyclic amines) is 1. The zero-order chi connectivity index (χ0) is 15.1. The highest BCUT2D eigenvalue weighted by Crippen LogP contribution is 2.15. The molecule has 0 radical (unpaired) electrons. The lowest BCUT2D eigenvalue weighted by atomic mass is 10.1. The quantitative estimate of drug-likeness (QED) is 0.870. The summed E-state index contributed by atoms with van der Waals surface area (Å²) in [6.45, 7) is 1.82. The molecule has 2 rings (SSSR count). The number of piperidine rings is 1. The number of aliphatic hydroxyl groups excluding tert-OH is 1. The average molecular weight is 295 g/mol. The van der Waals surface area contributed by atoms with Gasteiger partial charge in [0.25, 0.3) is 0 Å². The second-order valence-corrected chi connectivity index (χ2v) is 5.30. The van der Waals surface area contributed by atoms with E-state index in [9.17, 15) is 9.18 Å². The molecule has 5 heteroatoms. The van der Waals surface area contributed by atoms with Crippen molar-refractivity contribution in [2.24, 2.45) is 0 Å². The van der Waals surface area contributed by atoms with Gasteiger partial charge in [0.05, 0.1) is 19.3 Å². The molecule has 4 nitrogen and oxygen atoms in total. The van der Waals surface area contributed by atoms with Crippen LogP contribution < -0.4 is 0 Å². The number of halogens is 1. The van der Waals surface area contributed by atoms with E-state index in [4.69, 9.17) is 9.84 Å². The highest BCUT2D eigenvalue weighted by atomic mass is 19.1. The summed E-state index contributed by atoms with van der Waals surface area (Å²) < 4.78 is 18.3. The van der Waals surface area contributed by atoms with Crippen molar-refractivity contribution in [1.29, 1.82) is 0 Å². The Hall–Kier alpha value is -1.46. The third kappa shape index (κ3) is 5.10. The molecule has 0 saturated carbocycles. The standard InChI is InChI=1S/C16H22FNO3/c17-14-4-1-13(2-5-14)3-6-16(20)18-9-7-15(8-10-18)21-12-11-19/h1-2,4-5,15,19H,3,6-12H2. The molecule has 0 atom stereocenters. The van der Waals surface area contributed by atoms with Crippen molar-refractivity contribution < 1.29 is 19.0 Å². The number of rotatable bonds is 6. The molecule has 0 aromatic heterocycles. The Morgan fingerprint density at radius 2 is 1.95 bits per heavy atom. The van der Waals surface area contributed by atoms with Crippen LogP contribution in [0.1, 0.15) is 24.8 Å². The molecule has 1 fully saturated rings. The Balaban J connectivity index is 1.71. The van der Waals surface area contributed by atoms with Gasteiger partial charge >= 0.3 is 0 Å². The van der Waals surface area contributed by atoms with Crippen molar-refractivity contribution in [3.63, 3.8) is 0 Å².